The summed E-state index contributed by atoms with van der Waals surface area (Å²) in [6, 6.07) is 31.2. The molecule has 0 aromatic heterocycles. The van der Waals surface area contributed by atoms with Crippen LogP contribution in [0.1, 0.15) is 104 Å². The van der Waals surface area contributed by atoms with Crippen molar-refractivity contribution in [2.45, 2.75) is 120 Å². The van der Waals surface area contributed by atoms with Gasteiger partial charge in [-0.2, -0.15) is 0 Å². The van der Waals surface area contributed by atoms with Crippen molar-refractivity contribution in [1.82, 2.24) is 30.2 Å². The summed E-state index contributed by atoms with van der Waals surface area (Å²) in [6.45, 7) is 4.03. The third-order valence-corrected chi connectivity index (χ3v) is 15.5. The molecule has 3 aliphatic rings. The van der Waals surface area contributed by atoms with Gasteiger partial charge in [0.2, 0.25) is 23.6 Å². The Morgan fingerprint density at radius 2 is 1.11 bits per heavy atom. The minimum absolute atomic E-state index is 0.0339. The van der Waals surface area contributed by atoms with Crippen LogP contribution in [0.3, 0.4) is 0 Å². The van der Waals surface area contributed by atoms with Gasteiger partial charge in [0.25, 0.3) is 5.91 Å². The predicted molar refractivity (Wildman–Crippen MR) is 288 cm³/mol. The fourth-order valence-corrected chi connectivity index (χ4v) is 10.7. The average molecular weight is 1030 g/mol. The van der Waals surface area contributed by atoms with Crippen molar-refractivity contribution in [3.05, 3.63) is 129 Å². The quantitative estimate of drug-likeness (QED) is 0.0952. The molecule has 15 heteroatoms. The number of hydrogen-bond acceptors (Lipinski definition) is 8. The Kier molecular flexibility index (Phi) is 20.5. The number of aryl methyl sites for hydroxylation is 1. The molecule has 0 bridgehead atoms. The van der Waals surface area contributed by atoms with Gasteiger partial charge in [-0.15, -0.1) is 0 Å². The zero-order valence-electron chi connectivity index (χ0n) is 43.1. The number of nitrogens with one attached hydrogen (secondary N) is 3. The third kappa shape index (κ3) is 16.3. The Labute approximate surface area is 437 Å². The zero-order chi connectivity index (χ0) is 51.8. The number of ether oxygens (including phenoxy) is 1. The van der Waals surface area contributed by atoms with Crippen LogP contribution in [0.15, 0.2) is 97.1 Å². The molecule has 0 atom stereocenters. The van der Waals surface area contributed by atoms with Crippen LogP contribution in [-0.2, 0) is 32.0 Å². The summed E-state index contributed by atoms with van der Waals surface area (Å²) in [5.74, 6) is 0.320. The van der Waals surface area contributed by atoms with Crippen LogP contribution in [0.2, 0.25) is 10.0 Å². The average Bonchev–Trinajstić information content (AvgIpc) is 3.37. The summed E-state index contributed by atoms with van der Waals surface area (Å²) in [6.07, 6.45) is 10.5. The molecule has 0 unspecified atom stereocenters. The number of methoxy groups -OCH3 is 1. The van der Waals surface area contributed by atoms with Gasteiger partial charge in [0.05, 0.1) is 7.11 Å². The van der Waals surface area contributed by atoms with Crippen LogP contribution in [-0.4, -0.2) is 134 Å². The van der Waals surface area contributed by atoms with E-state index in [2.05, 4.69) is 97.3 Å². The van der Waals surface area contributed by atoms with Gasteiger partial charge >= 0.3 is 0 Å². The van der Waals surface area contributed by atoms with E-state index >= 15 is 0 Å². The molecule has 5 amide bonds. The minimum Gasteiger partial charge on any atom is -0.497 e. The molecule has 72 heavy (non-hydrogen) atoms. The van der Waals surface area contributed by atoms with Crippen molar-refractivity contribution in [3.8, 4) is 5.75 Å². The lowest BCUT2D eigenvalue weighted by molar-refractivity contribution is -0.135. The molecule has 7 rings (SSSR count). The molecular weight excluding hydrogens is 950 g/mol. The number of halogens is 2. The second-order valence-corrected chi connectivity index (χ2v) is 21.2. The summed E-state index contributed by atoms with van der Waals surface area (Å²) in [4.78, 5) is 71.0. The molecule has 1 aliphatic heterocycles. The maximum atomic E-state index is 12.8. The lowest BCUT2D eigenvalue weighted by atomic mass is 9.74. The summed E-state index contributed by atoms with van der Waals surface area (Å²) in [5.41, 5.74) is 5.34. The standard InChI is InChI=1S/C31H41ClN4O3.C26H34ClN3O3/c1-23-6-4-7-24(20-23)22-31(34(2)3)14-12-27(13-15-31)33-28(37)10-11-29(38)35-16-18-36(19-17-35)30(39)25-8-5-9-26(32)21-25;1-30(2)26(18-19-4-6-20(27)7-5-19)16-14-22(15-17-26)29-25(32)13-12-24(31)28-21-8-10-23(33-3)11-9-21/h4-9,20-21,27H,10-19,22H2,1-3H3,(H,33,37);4-11,22H,12-18H2,1-3H3,(H,28,31)(H,29,32). The first-order chi connectivity index (χ1) is 34.4. The molecule has 4 aromatic rings. The van der Waals surface area contributed by atoms with Gasteiger partial charge in [-0.3, -0.25) is 24.0 Å². The normalized spacial score (nSPS) is 21.0. The molecule has 2 saturated carbocycles. The monoisotopic (exact) mass is 1020 g/mol. The molecule has 1 heterocycles. The number of rotatable bonds is 17. The molecule has 3 N–H and O–H groups in total. The van der Waals surface area contributed by atoms with E-state index in [0.29, 0.717) is 42.5 Å². The predicted octanol–water partition coefficient (Wildman–Crippen LogP) is 8.98. The summed E-state index contributed by atoms with van der Waals surface area (Å²) < 4.78 is 5.11. The topological polar surface area (TPSA) is 144 Å². The maximum absolute atomic E-state index is 12.8. The smallest absolute Gasteiger partial charge is 0.254 e. The van der Waals surface area contributed by atoms with Crippen LogP contribution in [0.25, 0.3) is 0 Å². The van der Waals surface area contributed by atoms with Gasteiger partial charge in [-0.1, -0.05) is 71.2 Å². The van der Waals surface area contributed by atoms with E-state index in [0.717, 1.165) is 75.0 Å². The highest BCUT2D eigenvalue weighted by Crippen LogP contribution is 2.37. The van der Waals surface area contributed by atoms with Crippen LogP contribution in [0.5, 0.6) is 5.75 Å². The minimum atomic E-state index is -0.173. The molecular formula is C57H75Cl2N7O6. The van der Waals surface area contributed by atoms with Crippen molar-refractivity contribution in [1.29, 1.82) is 0 Å². The van der Waals surface area contributed by atoms with Gasteiger partial charge in [-0.05, 0) is 165 Å². The number of amides is 5. The number of carbonyl (C=O) groups is 5. The van der Waals surface area contributed by atoms with E-state index in [1.54, 1.807) is 65.4 Å². The van der Waals surface area contributed by atoms with Crippen LogP contribution >= 0.6 is 23.2 Å². The van der Waals surface area contributed by atoms with Gasteiger partial charge < -0.3 is 40.3 Å². The molecule has 1 saturated heterocycles. The number of carbonyl (C=O) groups excluding carboxylic acids is 5. The highest BCUT2D eigenvalue weighted by Gasteiger charge is 2.39. The summed E-state index contributed by atoms with van der Waals surface area (Å²) in [7, 11) is 10.2. The van der Waals surface area contributed by atoms with E-state index in [1.165, 1.54) is 16.7 Å². The fraction of sp³-hybridized carbons (Fsp3) is 0.491. The van der Waals surface area contributed by atoms with Gasteiger partial charge in [-0.25, -0.2) is 0 Å². The fourth-order valence-electron chi connectivity index (χ4n) is 10.4. The van der Waals surface area contributed by atoms with E-state index in [-0.39, 0.29) is 78.4 Å². The number of anilines is 1. The van der Waals surface area contributed by atoms with Crippen molar-refractivity contribution in [3.63, 3.8) is 0 Å². The second-order valence-electron chi connectivity index (χ2n) is 20.4. The molecule has 2 aliphatic carbocycles. The van der Waals surface area contributed by atoms with Crippen molar-refractivity contribution < 1.29 is 28.7 Å². The number of piperazine rings is 1. The second kappa shape index (κ2) is 26.5. The first-order valence-corrected chi connectivity index (χ1v) is 26.2. The van der Waals surface area contributed by atoms with E-state index in [4.69, 9.17) is 27.9 Å². The van der Waals surface area contributed by atoms with Crippen LogP contribution in [0, 0.1) is 6.92 Å². The SMILES string of the molecule is COc1ccc(NC(=O)CCC(=O)NC2CCC(Cc3ccc(Cl)cc3)(N(C)C)CC2)cc1.Cc1cccc(CC2(N(C)C)CCC(NC(=O)CCC(=O)N3CCN(C(=O)c4cccc(Cl)c4)CC3)CC2)c1. The molecule has 0 radical (unpaired) electrons. The van der Waals surface area contributed by atoms with Crippen molar-refractivity contribution in [2.24, 2.45) is 0 Å². The zero-order valence-corrected chi connectivity index (χ0v) is 44.6. The maximum Gasteiger partial charge on any atom is 0.254 e. The van der Waals surface area contributed by atoms with Crippen molar-refractivity contribution >= 4 is 58.4 Å². The lowest BCUT2D eigenvalue weighted by Crippen LogP contribution is -2.52. The molecule has 388 valence electrons. The van der Waals surface area contributed by atoms with Gasteiger partial charge in [0.1, 0.15) is 5.75 Å². The Bertz CT molecular complexity index is 2430. The highest BCUT2D eigenvalue weighted by molar-refractivity contribution is 6.31. The lowest BCUT2D eigenvalue weighted by Gasteiger charge is -2.45. The summed E-state index contributed by atoms with van der Waals surface area (Å²) in [5, 5.41) is 10.4. The van der Waals surface area contributed by atoms with E-state index in [9.17, 15) is 24.0 Å². The molecule has 3 fully saturated rings. The highest BCUT2D eigenvalue weighted by atomic mass is 35.5. The Morgan fingerprint density at radius 1 is 0.597 bits per heavy atom. The molecule has 4 aromatic carbocycles. The number of likely N-dealkylation sites (N-methyl/N-ethyl adjacent to an activating group) is 2. The summed E-state index contributed by atoms with van der Waals surface area (Å²) >= 11 is 12.1. The van der Waals surface area contributed by atoms with Crippen LogP contribution < -0.4 is 20.7 Å². The van der Waals surface area contributed by atoms with Crippen LogP contribution in [0.4, 0.5) is 5.69 Å². The number of hydrogen-bond donors (Lipinski definition) is 3. The van der Waals surface area contributed by atoms with E-state index in [1.807, 2.05) is 12.1 Å². The first kappa shape index (κ1) is 55.8. The Morgan fingerprint density at radius 3 is 1.64 bits per heavy atom. The molecule has 13 nitrogen and oxygen atoms in total. The van der Waals surface area contributed by atoms with E-state index < -0.39 is 0 Å². The largest absolute Gasteiger partial charge is 0.497 e. The number of nitrogens with zero attached hydrogens (tertiary/aromatic N) is 4. The third-order valence-electron chi connectivity index (χ3n) is 15.0. The Balaban J connectivity index is 0.000000239. The molecule has 0 spiro atoms. The van der Waals surface area contributed by atoms with Gasteiger partial charge in [0, 0.05) is 96.3 Å². The Hall–Kier alpha value is -5.47. The number of benzene rings is 4. The van der Waals surface area contributed by atoms with Crippen molar-refractivity contribution in [2.75, 3.05) is 66.8 Å². The first-order valence-electron chi connectivity index (χ1n) is 25.4. The van der Waals surface area contributed by atoms with Gasteiger partial charge in [0.15, 0.2) is 0 Å².